The maximum atomic E-state index is 12.4. The number of carbonyl (C=O) groups excluding carboxylic acids is 1. The molecule has 0 bridgehead atoms. The number of amides is 1. The molecule has 1 saturated heterocycles. The van der Waals surface area contributed by atoms with Crippen LogP contribution in [-0.2, 0) is 17.8 Å². The fraction of sp³-hybridized carbons (Fsp3) is 0.389. The fourth-order valence-electron chi connectivity index (χ4n) is 2.88. The van der Waals surface area contributed by atoms with Crippen LogP contribution in [0.5, 0.6) is 0 Å². The Morgan fingerprint density at radius 2 is 1.87 bits per heavy atom. The van der Waals surface area contributed by atoms with E-state index in [4.69, 9.17) is 11.6 Å². The predicted octanol–water partition coefficient (Wildman–Crippen LogP) is 3.68. The molecule has 1 aromatic heterocycles. The molecule has 0 aliphatic carbocycles. The van der Waals surface area contributed by atoms with Crippen molar-refractivity contribution in [2.24, 2.45) is 0 Å². The van der Waals surface area contributed by atoms with Gasteiger partial charge < -0.3 is 4.90 Å². The van der Waals surface area contributed by atoms with Gasteiger partial charge in [0.15, 0.2) is 0 Å². The van der Waals surface area contributed by atoms with Crippen molar-refractivity contribution in [2.45, 2.75) is 19.4 Å². The van der Waals surface area contributed by atoms with Gasteiger partial charge in [-0.2, -0.15) is 0 Å². The van der Waals surface area contributed by atoms with Crippen LogP contribution in [0.4, 0.5) is 0 Å². The highest BCUT2D eigenvalue weighted by molar-refractivity contribution is 7.09. The number of thiophene rings is 1. The first-order valence-corrected chi connectivity index (χ1v) is 9.24. The van der Waals surface area contributed by atoms with E-state index < -0.39 is 0 Å². The van der Waals surface area contributed by atoms with E-state index in [1.165, 1.54) is 4.88 Å². The summed E-state index contributed by atoms with van der Waals surface area (Å²) >= 11 is 7.95. The Morgan fingerprint density at radius 3 is 2.57 bits per heavy atom. The van der Waals surface area contributed by atoms with Crippen LogP contribution in [0.1, 0.15) is 16.9 Å². The third-order valence-electron chi connectivity index (χ3n) is 4.25. The van der Waals surface area contributed by atoms with Crippen LogP contribution < -0.4 is 0 Å². The molecule has 23 heavy (non-hydrogen) atoms. The van der Waals surface area contributed by atoms with Crippen molar-refractivity contribution >= 4 is 28.8 Å². The lowest BCUT2D eigenvalue weighted by molar-refractivity contribution is -0.132. The molecule has 1 aliphatic rings. The molecule has 0 unspecified atom stereocenters. The van der Waals surface area contributed by atoms with Gasteiger partial charge in [-0.15, -0.1) is 11.3 Å². The van der Waals surface area contributed by atoms with Gasteiger partial charge in [-0.3, -0.25) is 9.69 Å². The minimum atomic E-state index is 0.237. The van der Waals surface area contributed by atoms with E-state index in [-0.39, 0.29) is 5.91 Å². The molecule has 1 aliphatic heterocycles. The number of benzene rings is 1. The Balaban J connectivity index is 1.44. The molecule has 0 N–H and O–H groups in total. The minimum Gasteiger partial charge on any atom is -0.340 e. The first-order chi connectivity index (χ1) is 11.2. The summed E-state index contributed by atoms with van der Waals surface area (Å²) in [6.45, 7) is 4.56. The van der Waals surface area contributed by atoms with Crippen molar-refractivity contribution in [1.29, 1.82) is 0 Å². The number of aryl methyl sites for hydroxylation is 1. The molecule has 0 atom stereocenters. The minimum absolute atomic E-state index is 0.237. The van der Waals surface area contributed by atoms with Gasteiger partial charge in [-0.25, -0.2) is 0 Å². The van der Waals surface area contributed by atoms with E-state index in [2.05, 4.69) is 22.4 Å². The van der Waals surface area contributed by atoms with Crippen LogP contribution in [0.3, 0.4) is 0 Å². The molecule has 2 aromatic rings. The zero-order valence-corrected chi connectivity index (χ0v) is 14.7. The number of hydrogen-bond acceptors (Lipinski definition) is 3. The zero-order valence-electron chi connectivity index (χ0n) is 13.1. The van der Waals surface area contributed by atoms with Crippen LogP contribution in [0.2, 0.25) is 5.02 Å². The Hall–Kier alpha value is -1.36. The monoisotopic (exact) mass is 348 g/mol. The van der Waals surface area contributed by atoms with Gasteiger partial charge in [-0.1, -0.05) is 35.9 Å². The number of hydrogen-bond donors (Lipinski definition) is 0. The summed E-state index contributed by atoms with van der Waals surface area (Å²) in [7, 11) is 0. The van der Waals surface area contributed by atoms with E-state index in [9.17, 15) is 4.79 Å². The molecular formula is C18H21ClN2OS. The average Bonchev–Trinajstić information content (AvgIpc) is 3.07. The second-order valence-corrected chi connectivity index (χ2v) is 7.27. The predicted molar refractivity (Wildman–Crippen MR) is 95.9 cm³/mol. The Labute approximate surface area is 146 Å². The summed E-state index contributed by atoms with van der Waals surface area (Å²) in [5.74, 6) is 0.237. The van der Waals surface area contributed by atoms with Crippen molar-refractivity contribution in [1.82, 2.24) is 9.80 Å². The molecule has 3 nitrogen and oxygen atoms in total. The van der Waals surface area contributed by atoms with E-state index in [1.54, 1.807) is 11.3 Å². The third-order valence-corrected chi connectivity index (χ3v) is 5.48. The van der Waals surface area contributed by atoms with E-state index in [0.717, 1.165) is 43.3 Å². The van der Waals surface area contributed by atoms with Gasteiger partial charge in [0.1, 0.15) is 0 Å². The molecule has 1 aromatic carbocycles. The lowest BCUT2D eigenvalue weighted by Crippen LogP contribution is -2.48. The molecular weight excluding hydrogens is 328 g/mol. The molecule has 1 fully saturated rings. The maximum absolute atomic E-state index is 12.4. The quantitative estimate of drug-likeness (QED) is 0.823. The lowest BCUT2D eigenvalue weighted by atomic mass is 10.1. The molecule has 122 valence electrons. The number of rotatable bonds is 5. The highest BCUT2D eigenvalue weighted by atomic mass is 35.5. The summed E-state index contributed by atoms with van der Waals surface area (Å²) in [4.78, 5) is 18.2. The number of piperazine rings is 1. The summed E-state index contributed by atoms with van der Waals surface area (Å²) in [5.41, 5.74) is 1.05. The molecule has 5 heteroatoms. The van der Waals surface area contributed by atoms with Crippen molar-refractivity contribution in [3.05, 3.63) is 57.2 Å². The molecule has 1 amide bonds. The maximum Gasteiger partial charge on any atom is 0.222 e. The zero-order chi connectivity index (χ0) is 16.1. The average molecular weight is 349 g/mol. The van der Waals surface area contributed by atoms with Gasteiger partial charge in [0, 0.05) is 49.0 Å². The summed E-state index contributed by atoms with van der Waals surface area (Å²) < 4.78 is 0. The highest BCUT2D eigenvalue weighted by Gasteiger charge is 2.21. The largest absolute Gasteiger partial charge is 0.340 e. The van der Waals surface area contributed by atoms with Crippen LogP contribution in [-0.4, -0.2) is 41.9 Å². The fourth-order valence-corrected chi connectivity index (χ4v) is 3.86. The van der Waals surface area contributed by atoms with Gasteiger partial charge in [-0.05, 0) is 29.5 Å². The number of carbonyl (C=O) groups is 1. The van der Waals surface area contributed by atoms with E-state index in [1.807, 2.05) is 29.2 Å². The molecule has 3 rings (SSSR count). The molecule has 0 spiro atoms. The van der Waals surface area contributed by atoms with Crippen LogP contribution in [0, 0.1) is 0 Å². The van der Waals surface area contributed by atoms with Gasteiger partial charge in [0.25, 0.3) is 0 Å². The van der Waals surface area contributed by atoms with Crippen LogP contribution in [0.25, 0.3) is 0 Å². The standard InChI is InChI=1S/C18H21ClN2OS/c19-17-6-2-1-4-15(17)7-8-18(22)21-11-9-20(10-12-21)14-16-5-3-13-23-16/h1-6,13H,7-12,14H2. The van der Waals surface area contributed by atoms with Crippen molar-refractivity contribution in [2.75, 3.05) is 26.2 Å². The molecule has 0 radical (unpaired) electrons. The van der Waals surface area contributed by atoms with Crippen molar-refractivity contribution in [3.8, 4) is 0 Å². The highest BCUT2D eigenvalue weighted by Crippen LogP contribution is 2.18. The van der Waals surface area contributed by atoms with Crippen molar-refractivity contribution < 1.29 is 4.79 Å². The van der Waals surface area contributed by atoms with Crippen molar-refractivity contribution in [3.63, 3.8) is 0 Å². The first-order valence-electron chi connectivity index (χ1n) is 7.98. The van der Waals surface area contributed by atoms with Gasteiger partial charge >= 0.3 is 0 Å². The Kier molecular flexibility index (Phi) is 5.70. The molecule has 0 saturated carbocycles. The lowest BCUT2D eigenvalue weighted by Gasteiger charge is -2.34. The third kappa shape index (κ3) is 4.56. The van der Waals surface area contributed by atoms with Crippen LogP contribution in [0.15, 0.2) is 41.8 Å². The SMILES string of the molecule is O=C(CCc1ccccc1Cl)N1CCN(Cc2cccs2)CC1. The number of nitrogens with zero attached hydrogens (tertiary/aromatic N) is 2. The number of halogens is 1. The summed E-state index contributed by atoms with van der Waals surface area (Å²) in [5, 5.41) is 2.87. The van der Waals surface area contributed by atoms with Gasteiger partial charge in [0.05, 0.1) is 0 Å². The Morgan fingerprint density at radius 1 is 1.09 bits per heavy atom. The topological polar surface area (TPSA) is 23.6 Å². The van der Waals surface area contributed by atoms with E-state index >= 15 is 0 Å². The second kappa shape index (κ2) is 7.95. The molecule has 2 heterocycles. The van der Waals surface area contributed by atoms with Crippen LogP contribution >= 0.6 is 22.9 Å². The van der Waals surface area contributed by atoms with Gasteiger partial charge in [0.2, 0.25) is 5.91 Å². The summed E-state index contributed by atoms with van der Waals surface area (Å²) in [6.07, 6.45) is 1.25. The first kappa shape index (κ1) is 16.5. The summed E-state index contributed by atoms with van der Waals surface area (Å²) in [6, 6.07) is 12.0. The van der Waals surface area contributed by atoms with E-state index in [0.29, 0.717) is 12.8 Å². The second-order valence-electron chi connectivity index (χ2n) is 5.83. The normalized spacial score (nSPS) is 15.8. The Bertz CT molecular complexity index is 636. The smallest absolute Gasteiger partial charge is 0.222 e.